The van der Waals surface area contributed by atoms with Crippen molar-refractivity contribution >= 4 is 17.8 Å². The summed E-state index contributed by atoms with van der Waals surface area (Å²) in [6.07, 6.45) is 0.355. The summed E-state index contributed by atoms with van der Waals surface area (Å²) in [7, 11) is 1.52. The molecule has 0 fully saturated rings. The molecule has 0 spiro atoms. The maximum atomic E-state index is 12.7. The van der Waals surface area contributed by atoms with Crippen LogP contribution in [0.25, 0.3) is 0 Å². The van der Waals surface area contributed by atoms with E-state index in [9.17, 15) is 19.5 Å². The van der Waals surface area contributed by atoms with Gasteiger partial charge in [0, 0.05) is 19.8 Å². The Hall–Kier alpha value is -3.35. The lowest BCUT2D eigenvalue weighted by Crippen LogP contribution is -2.52. The molecular formula is C21H24N2O5. The van der Waals surface area contributed by atoms with E-state index in [1.807, 2.05) is 30.3 Å². The van der Waals surface area contributed by atoms with Gasteiger partial charge < -0.3 is 20.5 Å². The molecule has 0 aliphatic rings. The van der Waals surface area contributed by atoms with Gasteiger partial charge in [0.25, 0.3) is 0 Å². The molecule has 2 rings (SSSR count). The predicted octanol–water partition coefficient (Wildman–Crippen LogP) is 1.55. The third-order valence-corrected chi connectivity index (χ3v) is 4.17. The monoisotopic (exact) mass is 384 g/mol. The first-order valence-corrected chi connectivity index (χ1v) is 8.86. The number of carbonyl (C=O) groups is 3. The largest absolute Gasteiger partial charge is 0.497 e. The Bertz CT molecular complexity index is 823. The van der Waals surface area contributed by atoms with Crippen molar-refractivity contribution in [2.75, 3.05) is 7.11 Å². The minimum absolute atomic E-state index is 0.0937. The summed E-state index contributed by atoms with van der Waals surface area (Å²) in [5, 5.41) is 14.7. The Morgan fingerprint density at radius 1 is 0.929 bits per heavy atom. The molecule has 0 heterocycles. The minimum Gasteiger partial charge on any atom is -0.497 e. The lowest BCUT2D eigenvalue weighted by Gasteiger charge is -2.21. The number of rotatable bonds is 9. The highest BCUT2D eigenvalue weighted by Crippen LogP contribution is 2.14. The highest BCUT2D eigenvalue weighted by Gasteiger charge is 2.26. The van der Waals surface area contributed by atoms with Gasteiger partial charge in [-0.05, 0) is 23.3 Å². The zero-order chi connectivity index (χ0) is 20.5. The van der Waals surface area contributed by atoms with Gasteiger partial charge in [-0.2, -0.15) is 0 Å². The second-order valence-electron chi connectivity index (χ2n) is 6.40. The third-order valence-electron chi connectivity index (χ3n) is 4.17. The van der Waals surface area contributed by atoms with Gasteiger partial charge >= 0.3 is 5.97 Å². The molecule has 0 aromatic heterocycles. The zero-order valence-electron chi connectivity index (χ0n) is 15.8. The number of ether oxygens (including phenoxy) is 1. The molecule has 2 atom stereocenters. The van der Waals surface area contributed by atoms with E-state index >= 15 is 0 Å². The van der Waals surface area contributed by atoms with Crippen LogP contribution in [0.3, 0.4) is 0 Å². The lowest BCUT2D eigenvalue weighted by atomic mass is 10.0. The maximum Gasteiger partial charge on any atom is 0.326 e. The number of carboxylic acid groups (broad SMARTS) is 1. The van der Waals surface area contributed by atoms with Crippen molar-refractivity contribution in [3.8, 4) is 5.75 Å². The van der Waals surface area contributed by atoms with E-state index in [2.05, 4.69) is 10.6 Å². The van der Waals surface area contributed by atoms with Crippen LogP contribution < -0.4 is 15.4 Å². The van der Waals surface area contributed by atoms with Crippen molar-refractivity contribution in [2.45, 2.75) is 31.8 Å². The summed E-state index contributed by atoms with van der Waals surface area (Å²) in [6, 6.07) is 14.2. The average Bonchev–Trinajstić information content (AvgIpc) is 2.67. The fourth-order valence-electron chi connectivity index (χ4n) is 2.81. The second-order valence-corrected chi connectivity index (χ2v) is 6.40. The van der Waals surface area contributed by atoms with Crippen LogP contribution in [-0.2, 0) is 27.2 Å². The maximum absolute atomic E-state index is 12.7. The van der Waals surface area contributed by atoms with Gasteiger partial charge in [-0.25, -0.2) is 4.79 Å². The first kappa shape index (κ1) is 21.0. The fraction of sp³-hybridized carbons (Fsp3) is 0.286. The van der Waals surface area contributed by atoms with Crippen molar-refractivity contribution < 1.29 is 24.2 Å². The van der Waals surface area contributed by atoms with Gasteiger partial charge in [-0.1, -0.05) is 42.5 Å². The van der Waals surface area contributed by atoms with Crippen LogP contribution in [0, 0.1) is 0 Å². The van der Waals surface area contributed by atoms with Crippen molar-refractivity contribution in [2.24, 2.45) is 0 Å². The molecule has 0 aliphatic heterocycles. The van der Waals surface area contributed by atoms with Crippen LogP contribution in [0.15, 0.2) is 54.6 Å². The molecule has 148 valence electrons. The van der Waals surface area contributed by atoms with Crippen LogP contribution in [0.2, 0.25) is 0 Å². The van der Waals surface area contributed by atoms with E-state index in [4.69, 9.17) is 4.74 Å². The van der Waals surface area contributed by atoms with E-state index in [0.717, 1.165) is 5.56 Å². The molecule has 3 N–H and O–H groups in total. The van der Waals surface area contributed by atoms with Crippen LogP contribution in [0.5, 0.6) is 5.75 Å². The lowest BCUT2D eigenvalue weighted by molar-refractivity contribution is -0.142. The quantitative estimate of drug-likeness (QED) is 0.609. The molecule has 0 saturated carbocycles. The highest BCUT2D eigenvalue weighted by molar-refractivity contribution is 5.90. The number of aliphatic carboxylic acids is 1. The van der Waals surface area contributed by atoms with Crippen molar-refractivity contribution in [3.63, 3.8) is 0 Å². The normalized spacial score (nSPS) is 12.5. The summed E-state index contributed by atoms with van der Waals surface area (Å²) in [5.41, 5.74) is 1.57. The van der Waals surface area contributed by atoms with E-state index < -0.39 is 24.0 Å². The van der Waals surface area contributed by atoms with Gasteiger partial charge in [0.05, 0.1) is 7.11 Å². The van der Waals surface area contributed by atoms with Crippen LogP contribution in [0.4, 0.5) is 0 Å². The summed E-state index contributed by atoms with van der Waals surface area (Å²) in [4.78, 5) is 35.9. The van der Waals surface area contributed by atoms with Crippen molar-refractivity contribution in [1.29, 1.82) is 0 Å². The molecule has 0 aliphatic carbocycles. The van der Waals surface area contributed by atoms with Crippen LogP contribution >= 0.6 is 0 Å². The molecule has 2 aromatic carbocycles. The first-order valence-electron chi connectivity index (χ1n) is 8.86. The summed E-state index contributed by atoms with van der Waals surface area (Å²) >= 11 is 0. The zero-order valence-corrected chi connectivity index (χ0v) is 15.8. The predicted molar refractivity (Wildman–Crippen MR) is 104 cm³/mol. The fourth-order valence-corrected chi connectivity index (χ4v) is 2.81. The first-order chi connectivity index (χ1) is 13.4. The Morgan fingerprint density at radius 2 is 1.57 bits per heavy atom. The smallest absolute Gasteiger partial charge is 0.326 e. The molecular weight excluding hydrogens is 360 g/mol. The Labute approximate surface area is 163 Å². The summed E-state index contributed by atoms with van der Waals surface area (Å²) in [5.74, 6) is -1.46. The molecule has 7 nitrogen and oxygen atoms in total. The molecule has 0 radical (unpaired) electrons. The van der Waals surface area contributed by atoms with Gasteiger partial charge in [-0.3, -0.25) is 9.59 Å². The SMILES string of the molecule is COc1cccc(C[C@H](NC(=O)[C@@H](Cc2ccccc2)NC(C)=O)C(=O)O)c1. The molecule has 0 unspecified atom stereocenters. The number of hydrogen-bond acceptors (Lipinski definition) is 4. The minimum atomic E-state index is -1.16. The van der Waals surface area contributed by atoms with Gasteiger partial charge in [0.1, 0.15) is 17.8 Å². The van der Waals surface area contributed by atoms with E-state index in [1.54, 1.807) is 24.3 Å². The Kier molecular flexibility index (Phi) is 7.56. The van der Waals surface area contributed by atoms with E-state index in [1.165, 1.54) is 14.0 Å². The summed E-state index contributed by atoms with van der Waals surface area (Å²) < 4.78 is 5.14. The number of methoxy groups -OCH3 is 1. The average molecular weight is 384 g/mol. The molecule has 0 bridgehead atoms. The van der Waals surface area contributed by atoms with Crippen LogP contribution in [-0.4, -0.2) is 42.1 Å². The van der Waals surface area contributed by atoms with Crippen LogP contribution in [0.1, 0.15) is 18.1 Å². The Balaban J connectivity index is 2.12. The molecule has 2 amide bonds. The van der Waals surface area contributed by atoms with Gasteiger partial charge in [-0.15, -0.1) is 0 Å². The van der Waals surface area contributed by atoms with E-state index in [0.29, 0.717) is 11.3 Å². The third kappa shape index (κ3) is 6.42. The molecule has 2 aromatic rings. The standard InChI is InChI=1S/C21H24N2O5/c1-14(24)22-18(12-15-7-4-3-5-8-15)20(25)23-19(21(26)27)13-16-9-6-10-17(11-16)28-2/h3-11,18-19H,12-13H2,1-2H3,(H,22,24)(H,23,25)(H,26,27)/t18-,19+/m1/s1. The summed E-state index contributed by atoms with van der Waals surface area (Å²) in [6.45, 7) is 1.32. The highest BCUT2D eigenvalue weighted by atomic mass is 16.5. The van der Waals surface area contributed by atoms with Crippen molar-refractivity contribution in [1.82, 2.24) is 10.6 Å². The van der Waals surface area contributed by atoms with E-state index in [-0.39, 0.29) is 18.7 Å². The molecule has 7 heteroatoms. The topological polar surface area (TPSA) is 105 Å². The number of carbonyl (C=O) groups excluding carboxylic acids is 2. The molecule has 0 saturated heterocycles. The number of hydrogen-bond donors (Lipinski definition) is 3. The van der Waals surface area contributed by atoms with Gasteiger partial charge in [0.15, 0.2) is 0 Å². The van der Waals surface area contributed by atoms with Crippen molar-refractivity contribution in [3.05, 3.63) is 65.7 Å². The Morgan fingerprint density at radius 3 is 2.18 bits per heavy atom. The molecule has 28 heavy (non-hydrogen) atoms. The number of carboxylic acids is 1. The second kappa shape index (κ2) is 10.1. The number of nitrogens with one attached hydrogen (secondary N) is 2. The van der Waals surface area contributed by atoms with Gasteiger partial charge in [0.2, 0.25) is 11.8 Å². The number of amides is 2. The number of benzene rings is 2.